The van der Waals surface area contributed by atoms with Gasteiger partial charge in [-0.3, -0.25) is 4.79 Å². The third-order valence-corrected chi connectivity index (χ3v) is 4.07. The number of hydrogen-bond donors (Lipinski definition) is 3. The maximum absolute atomic E-state index is 12.2. The van der Waals surface area contributed by atoms with Gasteiger partial charge in [0.15, 0.2) is 0 Å². The molecule has 4 N–H and O–H groups in total. The summed E-state index contributed by atoms with van der Waals surface area (Å²) in [7, 11) is 0. The lowest BCUT2D eigenvalue weighted by Crippen LogP contribution is -2.50. The number of nitrogens with one attached hydrogen (secondary N) is 2. The van der Waals surface area contributed by atoms with Crippen LogP contribution in [0.2, 0.25) is 0 Å². The second-order valence-electron chi connectivity index (χ2n) is 5.83. The number of nitrogens with zero attached hydrogens (tertiary/aromatic N) is 1. The summed E-state index contributed by atoms with van der Waals surface area (Å²) in [5, 5.41) is 5.66. The zero-order chi connectivity index (χ0) is 16.5. The molecule has 1 saturated heterocycles. The van der Waals surface area contributed by atoms with Crippen molar-refractivity contribution < 1.29 is 9.59 Å². The van der Waals surface area contributed by atoms with Gasteiger partial charge in [-0.15, -0.1) is 0 Å². The minimum Gasteiger partial charge on any atom is -0.338 e. The molecule has 1 aliphatic heterocycles. The first kappa shape index (κ1) is 17.3. The van der Waals surface area contributed by atoms with E-state index in [0.29, 0.717) is 25.9 Å². The summed E-state index contributed by atoms with van der Waals surface area (Å²) in [6.07, 6.45) is 4.25. The van der Waals surface area contributed by atoms with Crippen LogP contribution in [0.3, 0.4) is 0 Å². The predicted molar refractivity (Wildman–Crippen MR) is 91.1 cm³/mol. The Balaban J connectivity index is 1.82. The SMILES string of the molecule is NCCCC(=O)N1CCCCC1CNC(=O)Nc1ccccc1. The Hall–Kier alpha value is -2.08. The molecule has 0 aromatic heterocycles. The third kappa shape index (κ3) is 5.56. The number of anilines is 1. The number of carbonyl (C=O) groups excluding carboxylic acids is 2. The van der Waals surface area contributed by atoms with E-state index in [9.17, 15) is 9.59 Å². The van der Waals surface area contributed by atoms with Crippen molar-refractivity contribution in [2.45, 2.75) is 38.1 Å². The van der Waals surface area contributed by atoms with Gasteiger partial charge in [0.25, 0.3) is 0 Å². The molecular weight excluding hydrogens is 292 g/mol. The molecule has 0 aliphatic carbocycles. The van der Waals surface area contributed by atoms with Gasteiger partial charge in [0.1, 0.15) is 0 Å². The second-order valence-corrected chi connectivity index (χ2v) is 5.83. The standard InChI is InChI=1S/C17H26N4O2/c18-11-6-10-16(22)21-12-5-4-9-15(21)13-19-17(23)20-14-7-2-1-3-8-14/h1-3,7-8,15H,4-6,9-13,18H2,(H2,19,20,23). The van der Waals surface area contributed by atoms with Gasteiger partial charge >= 0.3 is 6.03 Å². The van der Waals surface area contributed by atoms with E-state index in [2.05, 4.69) is 10.6 Å². The van der Waals surface area contributed by atoms with Crippen molar-refractivity contribution in [3.63, 3.8) is 0 Å². The highest BCUT2D eigenvalue weighted by Crippen LogP contribution is 2.18. The molecule has 0 radical (unpaired) electrons. The molecule has 1 heterocycles. The van der Waals surface area contributed by atoms with Crippen molar-refractivity contribution in [1.29, 1.82) is 0 Å². The van der Waals surface area contributed by atoms with Crippen LogP contribution in [0, 0.1) is 0 Å². The molecule has 1 aromatic carbocycles. The van der Waals surface area contributed by atoms with Crippen molar-refractivity contribution in [2.75, 3.05) is 25.0 Å². The Morgan fingerprint density at radius 3 is 2.74 bits per heavy atom. The number of urea groups is 1. The molecule has 0 spiro atoms. The summed E-state index contributed by atoms with van der Waals surface area (Å²) in [6, 6.07) is 9.15. The van der Waals surface area contributed by atoms with Gasteiger partial charge in [-0.25, -0.2) is 4.79 Å². The minimum absolute atomic E-state index is 0.0792. The lowest BCUT2D eigenvalue weighted by Gasteiger charge is -2.36. The highest BCUT2D eigenvalue weighted by atomic mass is 16.2. The van der Waals surface area contributed by atoms with Gasteiger partial charge < -0.3 is 21.3 Å². The maximum Gasteiger partial charge on any atom is 0.319 e. The maximum atomic E-state index is 12.2. The zero-order valence-corrected chi connectivity index (χ0v) is 13.5. The van der Waals surface area contributed by atoms with Gasteiger partial charge in [0, 0.05) is 31.2 Å². The number of amides is 3. The second kappa shape index (κ2) is 9.15. The molecule has 1 unspecified atom stereocenters. The monoisotopic (exact) mass is 318 g/mol. The summed E-state index contributed by atoms with van der Waals surface area (Å²) in [5.41, 5.74) is 6.23. The fourth-order valence-electron chi connectivity index (χ4n) is 2.85. The summed E-state index contributed by atoms with van der Waals surface area (Å²) >= 11 is 0. The number of benzene rings is 1. The Labute approximate surface area is 137 Å². The fraction of sp³-hybridized carbons (Fsp3) is 0.529. The van der Waals surface area contributed by atoms with Crippen molar-refractivity contribution in [3.05, 3.63) is 30.3 Å². The highest BCUT2D eigenvalue weighted by molar-refractivity contribution is 5.89. The van der Waals surface area contributed by atoms with Crippen LogP contribution < -0.4 is 16.4 Å². The molecule has 1 fully saturated rings. The first-order valence-electron chi connectivity index (χ1n) is 8.30. The normalized spacial score (nSPS) is 17.6. The summed E-state index contributed by atoms with van der Waals surface area (Å²) in [4.78, 5) is 26.1. The number of rotatable bonds is 6. The van der Waals surface area contributed by atoms with Crippen LogP contribution >= 0.6 is 0 Å². The van der Waals surface area contributed by atoms with E-state index in [-0.39, 0.29) is 18.0 Å². The van der Waals surface area contributed by atoms with Crippen LogP contribution in [0.5, 0.6) is 0 Å². The van der Waals surface area contributed by atoms with Crippen molar-refractivity contribution in [1.82, 2.24) is 10.2 Å². The molecule has 0 bridgehead atoms. The molecule has 1 aromatic rings. The van der Waals surface area contributed by atoms with E-state index in [0.717, 1.165) is 31.5 Å². The molecule has 1 aliphatic rings. The van der Waals surface area contributed by atoms with Gasteiger partial charge in [0.2, 0.25) is 5.91 Å². The largest absolute Gasteiger partial charge is 0.338 e. The molecule has 23 heavy (non-hydrogen) atoms. The Morgan fingerprint density at radius 1 is 1.22 bits per heavy atom. The molecule has 0 saturated carbocycles. The molecule has 3 amide bonds. The molecule has 6 heteroatoms. The lowest BCUT2D eigenvalue weighted by molar-refractivity contribution is -0.134. The third-order valence-electron chi connectivity index (χ3n) is 4.07. The quantitative estimate of drug-likeness (QED) is 0.749. The summed E-state index contributed by atoms with van der Waals surface area (Å²) in [6.45, 7) is 1.78. The van der Waals surface area contributed by atoms with Crippen molar-refractivity contribution in [2.24, 2.45) is 5.73 Å². The first-order chi connectivity index (χ1) is 11.2. The predicted octanol–water partition coefficient (Wildman–Crippen LogP) is 1.93. The Bertz CT molecular complexity index is 507. The topological polar surface area (TPSA) is 87.5 Å². The Kier molecular flexibility index (Phi) is 6.87. The first-order valence-corrected chi connectivity index (χ1v) is 8.30. The number of hydrogen-bond acceptors (Lipinski definition) is 3. The molecule has 1 atom stereocenters. The minimum atomic E-state index is -0.240. The molecule has 6 nitrogen and oxygen atoms in total. The number of para-hydroxylation sites is 1. The number of carbonyl (C=O) groups is 2. The van der Waals surface area contributed by atoms with E-state index in [4.69, 9.17) is 5.73 Å². The number of likely N-dealkylation sites (tertiary alicyclic amines) is 1. The highest BCUT2D eigenvalue weighted by Gasteiger charge is 2.26. The molecule has 2 rings (SSSR count). The average molecular weight is 318 g/mol. The molecule has 126 valence electrons. The van der Waals surface area contributed by atoms with E-state index < -0.39 is 0 Å². The zero-order valence-electron chi connectivity index (χ0n) is 13.5. The van der Waals surface area contributed by atoms with Crippen LogP contribution in [0.1, 0.15) is 32.1 Å². The summed E-state index contributed by atoms with van der Waals surface area (Å²) < 4.78 is 0. The van der Waals surface area contributed by atoms with Crippen molar-refractivity contribution >= 4 is 17.6 Å². The van der Waals surface area contributed by atoms with Crippen LogP contribution in [-0.4, -0.2) is 42.5 Å². The van der Waals surface area contributed by atoms with Gasteiger partial charge in [-0.2, -0.15) is 0 Å². The van der Waals surface area contributed by atoms with Gasteiger partial charge in [0.05, 0.1) is 0 Å². The lowest BCUT2D eigenvalue weighted by atomic mass is 10.0. The van der Waals surface area contributed by atoms with E-state index >= 15 is 0 Å². The average Bonchev–Trinajstić information content (AvgIpc) is 2.59. The van der Waals surface area contributed by atoms with Crippen LogP contribution in [0.4, 0.5) is 10.5 Å². The fourth-order valence-corrected chi connectivity index (χ4v) is 2.85. The van der Waals surface area contributed by atoms with Crippen LogP contribution in [0.15, 0.2) is 30.3 Å². The van der Waals surface area contributed by atoms with E-state index in [1.54, 1.807) is 0 Å². The van der Waals surface area contributed by atoms with E-state index in [1.165, 1.54) is 0 Å². The van der Waals surface area contributed by atoms with Gasteiger partial charge in [-0.1, -0.05) is 18.2 Å². The van der Waals surface area contributed by atoms with Crippen LogP contribution in [-0.2, 0) is 4.79 Å². The smallest absolute Gasteiger partial charge is 0.319 e. The Morgan fingerprint density at radius 2 is 2.00 bits per heavy atom. The van der Waals surface area contributed by atoms with Crippen LogP contribution in [0.25, 0.3) is 0 Å². The molecular formula is C17H26N4O2. The van der Waals surface area contributed by atoms with E-state index in [1.807, 2.05) is 35.2 Å². The van der Waals surface area contributed by atoms with Gasteiger partial charge in [-0.05, 0) is 44.4 Å². The number of piperidine rings is 1. The number of nitrogens with two attached hydrogens (primary N) is 1. The summed E-state index contributed by atoms with van der Waals surface area (Å²) in [5.74, 6) is 0.144. The van der Waals surface area contributed by atoms with Crippen molar-refractivity contribution in [3.8, 4) is 0 Å².